The van der Waals surface area contributed by atoms with Crippen LogP contribution in [-0.4, -0.2) is 42.3 Å². The Morgan fingerprint density at radius 3 is 2.34 bits per heavy atom. The number of hydrogen-bond donors (Lipinski definition) is 1. The molecular formula is C30H24ClN3O6S. The van der Waals surface area contributed by atoms with Gasteiger partial charge in [-0.1, -0.05) is 41.9 Å². The molecule has 0 aliphatic rings. The number of carbonyl (C=O) groups excluding carboxylic acids is 2. The summed E-state index contributed by atoms with van der Waals surface area (Å²) in [4.78, 5) is 43.6. The lowest BCUT2D eigenvalue weighted by Crippen LogP contribution is -2.28. The number of thiazole rings is 1. The number of carbonyl (C=O) groups is 2. The zero-order valence-corrected chi connectivity index (χ0v) is 23.8. The van der Waals surface area contributed by atoms with Crippen LogP contribution < -0.4 is 20.3 Å². The Morgan fingerprint density at radius 1 is 0.951 bits per heavy atom. The van der Waals surface area contributed by atoms with E-state index in [2.05, 4.69) is 10.3 Å². The van der Waals surface area contributed by atoms with Gasteiger partial charge < -0.3 is 18.8 Å². The molecule has 5 rings (SSSR count). The van der Waals surface area contributed by atoms with Gasteiger partial charge in [-0.2, -0.15) is 0 Å². The highest BCUT2D eigenvalue weighted by molar-refractivity contribution is 7.14. The Morgan fingerprint density at radius 2 is 1.63 bits per heavy atom. The molecule has 2 aromatic heterocycles. The summed E-state index contributed by atoms with van der Waals surface area (Å²) in [6, 6.07) is 19.3. The van der Waals surface area contributed by atoms with Gasteiger partial charge in [0, 0.05) is 34.0 Å². The molecule has 208 valence electrons. The lowest BCUT2D eigenvalue weighted by atomic mass is 9.97. The standard InChI is InChI=1S/C30H24ClN3O6S/c1-34-27(26(17-8-11-19(31)12-9-17)20-6-4-5-7-21(20)28(34)36)29(37)40-15-25(35)33-30-32-22(16-41-30)18-10-13-23(38-2)24(14-18)39-3/h4-14,16H,15H2,1-3H3,(H,32,33,35). The second-order valence-electron chi connectivity index (χ2n) is 8.87. The number of rotatable bonds is 8. The fourth-order valence-corrected chi connectivity index (χ4v) is 5.29. The van der Waals surface area contributed by atoms with E-state index in [4.69, 9.17) is 25.8 Å². The number of hydrogen-bond acceptors (Lipinski definition) is 8. The molecule has 0 bridgehead atoms. The van der Waals surface area contributed by atoms with Crippen LogP contribution in [0.25, 0.3) is 33.2 Å². The van der Waals surface area contributed by atoms with E-state index in [1.165, 1.54) is 23.0 Å². The average Bonchev–Trinajstić information content (AvgIpc) is 3.46. The zero-order chi connectivity index (χ0) is 29.1. The van der Waals surface area contributed by atoms with Crippen molar-refractivity contribution < 1.29 is 23.8 Å². The molecule has 2 heterocycles. The number of aromatic nitrogens is 2. The van der Waals surface area contributed by atoms with Crippen LogP contribution in [0.4, 0.5) is 5.13 Å². The number of halogens is 1. The van der Waals surface area contributed by atoms with E-state index in [-0.39, 0.29) is 11.3 Å². The molecule has 0 spiro atoms. The quantitative estimate of drug-likeness (QED) is 0.228. The summed E-state index contributed by atoms with van der Waals surface area (Å²) in [5, 5.41) is 6.32. The molecule has 0 atom stereocenters. The SMILES string of the molecule is COc1ccc(-c2csc(NC(=O)COC(=O)c3c(-c4ccc(Cl)cc4)c4ccccc4c(=O)n3C)n2)cc1OC. The van der Waals surface area contributed by atoms with Crippen molar-refractivity contribution in [2.45, 2.75) is 0 Å². The molecule has 9 nitrogen and oxygen atoms in total. The van der Waals surface area contributed by atoms with Crippen molar-refractivity contribution in [1.82, 2.24) is 9.55 Å². The molecule has 0 saturated carbocycles. The highest BCUT2D eigenvalue weighted by Crippen LogP contribution is 2.34. The van der Waals surface area contributed by atoms with Crippen molar-refractivity contribution in [2.24, 2.45) is 7.05 Å². The summed E-state index contributed by atoms with van der Waals surface area (Å²) in [5.41, 5.74) is 2.24. The number of nitrogens with zero attached hydrogens (tertiary/aromatic N) is 2. The first-order chi connectivity index (χ1) is 19.8. The van der Waals surface area contributed by atoms with Gasteiger partial charge in [-0.05, 0) is 47.3 Å². The van der Waals surface area contributed by atoms with Crippen molar-refractivity contribution in [2.75, 3.05) is 26.1 Å². The third-order valence-corrected chi connectivity index (χ3v) is 7.40. The van der Waals surface area contributed by atoms with Crippen LogP contribution in [0.3, 0.4) is 0 Å². The summed E-state index contributed by atoms with van der Waals surface area (Å²) in [7, 11) is 4.60. The number of fused-ring (bicyclic) bond motifs is 1. The van der Waals surface area contributed by atoms with E-state index >= 15 is 0 Å². The number of pyridine rings is 1. The topological polar surface area (TPSA) is 109 Å². The monoisotopic (exact) mass is 589 g/mol. The molecule has 41 heavy (non-hydrogen) atoms. The molecule has 0 aliphatic carbocycles. The summed E-state index contributed by atoms with van der Waals surface area (Å²) < 4.78 is 17.2. The molecule has 0 aliphatic heterocycles. The largest absolute Gasteiger partial charge is 0.493 e. The summed E-state index contributed by atoms with van der Waals surface area (Å²) in [6.07, 6.45) is 0. The van der Waals surface area contributed by atoms with Gasteiger partial charge in [-0.3, -0.25) is 14.9 Å². The molecule has 0 saturated heterocycles. The van der Waals surface area contributed by atoms with Gasteiger partial charge in [-0.15, -0.1) is 11.3 Å². The maximum atomic E-state index is 13.4. The van der Waals surface area contributed by atoms with Gasteiger partial charge in [0.25, 0.3) is 11.5 Å². The van der Waals surface area contributed by atoms with Crippen molar-refractivity contribution in [1.29, 1.82) is 0 Å². The Balaban J connectivity index is 1.36. The van der Waals surface area contributed by atoms with Crippen molar-refractivity contribution in [3.8, 4) is 33.9 Å². The van der Waals surface area contributed by atoms with Gasteiger partial charge in [0.1, 0.15) is 5.69 Å². The Kier molecular flexibility index (Phi) is 8.04. The minimum absolute atomic E-state index is 0.0220. The number of anilines is 1. The van der Waals surface area contributed by atoms with E-state index in [1.54, 1.807) is 80.3 Å². The molecule has 5 aromatic rings. The fourth-order valence-electron chi connectivity index (χ4n) is 4.43. The van der Waals surface area contributed by atoms with Crippen LogP contribution in [-0.2, 0) is 16.6 Å². The maximum Gasteiger partial charge on any atom is 0.356 e. The number of amides is 1. The van der Waals surface area contributed by atoms with Crippen LogP contribution in [0.2, 0.25) is 5.02 Å². The van der Waals surface area contributed by atoms with Crippen LogP contribution in [0.1, 0.15) is 10.5 Å². The van der Waals surface area contributed by atoms with Crippen molar-refractivity contribution in [3.63, 3.8) is 0 Å². The average molecular weight is 590 g/mol. The first kappa shape index (κ1) is 27.9. The predicted molar refractivity (Wildman–Crippen MR) is 159 cm³/mol. The molecular weight excluding hydrogens is 566 g/mol. The summed E-state index contributed by atoms with van der Waals surface area (Å²) in [5.74, 6) is -0.257. The second kappa shape index (κ2) is 11.8. The lowest BCUT2D eigenvalue weighted by Gasteiger charge is -2.16. The fraction of sp³-hybridized carbons (Fsp3) is 0.133. The zero-order valence-electron chi connectivity index (χ0n) is 22.3. The predicted octanol–water partition coefficient (Wildman–Crippen LogP) is 5.80. The van der Waals surface area contributed by atoms with Crippen LogP contribution >= 0.6 is 22.9 Å². The normalized spacial score (nSPS) is 10.8. The van der Waals surface area contributed by atoms with Gasteiger partial charge in [-0.25, -0.2) is 9.78 Å². The first-order valence-electron chi connectivity index (χ1n) is 12.3. The molecule has 1 amide bonds. The van der Waals surface area contributed by atoms with Crippen LogP contribution in [0.5, 0.6) is 11.5 Å². The molecule has 0 fully saturated rings. The smallest absolute Gasteiger partial charge is 0.356 e. The van der Waals surface area contributed by atoms with Gasteiger partial charge in [0.15, 0.2) is 23.2 Å². The number of ether oxygens (including phenoxy) is 3. The van der Waals surface area contributed by atoms with Crippen LogP contribution in [0.15, 0.2) is 76.9 Å². The lowest BCUT2D eigenvalue weighted by molar-refractivity contribution is -0.119. The Hall–Kier alpha value is -4.67. The van der Waals surface area contributed by atoms with Gasteiger partial charge in [0.2, 0.25) is 0 Å². The number of esters is 1. The van der Waals surface area contributed by atoms with E-state index in [9.17, 15) is 14.4 Å². The highest BCUT2D eigenvalue weighted by Gasteiger charge is 2.24. The van der Waals surface area contributed by atoms with Gasteiger partial charge in [0.05, 0.1) is 19.9 Å². The van der Waals surface area contributed by atoms with Crippen molar-refractivity contribution >= 4 is 50.7 Å². The minimum Gasteiger partial charge on any atom is -0.493 e. The number of nitrogens with one attached hydrogen (secondary N) is 1. The van der Waals surface area contributed by atoms with E-state index in [0.29, 0.717) is 49.2 Å². The third kappa shape index (κ3) is 5.65. The molecule has 1 N–H and O–H groups in total. The van der Waals surface area contributed by atoms with Gasteiger partial charge >= 0.3 is 5.97 Å². The molecule has 11 heteroatoms. The summed E-state index contributed by atoms with van der Waals surface area (Å²) in [6.45, 7) is -0.578. The molecule has 3 aromatic carbocycles. The second-order valence-corrected chi connectivity index (χ2v) is 10.2. The van der Waals surface area contributed by atoms with E-state index in [1.807, 2.05) is 6.07 Å². The molecule has 0 unspecified atom stereocenters. The number of benzene rings is 3. The van der Waals surface area contributed by atoms with Crippen LogP contribution in [0, 0.1) is 0 Å². The molecule has 0 radical (unpaired) electrons. The van der Waals surface area contributed by atoms with Crippen molar-refractivity contribution in [3.05, 3.63) is 93.2 Å². The Labute approximate surface area is 243 Å². The maximum absolute atomic E-state index is 13.4. The minimum atomic E-state index is -0.819. The number of methoxy groups -OCH3 is 2. The van der Waals surface area contributed by atoms with E-state index in [0.717, 1.165) is 5.56 Å². The Bertz CT molecular complexity index is 1830. The highest BCUT2D eigenvalue weighted by atomic mass is 35.5. The van der Waals surface area contributed by atoms with E-state index < -0.39 is 18.5 Å². The third-order valence-electron chi connectivity index (χ3n) is 6.39. The first-order valence-corrected chi connectivity index (χ1v) is 13.6. The summed E-state index contributed by atoms with van der Waals surface area (Å²) >= 11 is 7.30.